The minimum absolute atomic E-state index is 0.00253. The van der Waals surface area contributed by atoms with Crippen molar-refractivity contribution in [2.24, 2.45) is 5.92 Å². The molecule has 0 aliphatic carbocycles. The van der Waals surface area contributed by atoms with Crippen LogP contribution in [-0.2, 0) is 16.1 Å². The summed E-state index contributed by atoms with van der Waals surface area (Å²) in [7, 11) is 0. The second kappa shape index (κ2) is 11.7. The summed E-state index contributed by atoms with van der Waals surface area (Å²) in [5.74, 6) is 0.623. The first-order valence-electron chi connectivity index (χ1n) is 10.1. The van der Waals surface area contributed by atoms with E-state index in [0.717, 1.165) is 35.4 Å². The van der Waals surface area contributed by atoms with Gasteiger partial charge in [-0.05, 0) is 54.3 Å². The maximum atomic E-state index is 12.1. The SMILES string of the molecule is CCCOc1ccc(/C=C/C(=O)NCc2cccc(NC(=O)C(C)CC)c2)cc1. The molecule has 2 aromatic rings. The third-order valence-electron chi connectivity index (χ3n) is 4.50. The van der Waals surface area contributed by atoms with Gasteiger partial charge in [0.2, 0.25) is 11.8 Å². The van der Waals surface area contributed by atoms with Crippen molar-refractivity contribution < 1.29 is 14.3 Å². The summed E-state index contributed by atoms with van der Waals surface area (Å²) >= 11 is 0. The number of nitrogens with one attached hydrogen (secondary N) is 2. The minimum atomic E-state index is -0.176. The van der Waals surface area contributed by atoms with Gasteiger partial charge in [-0.25, -0.2) is 0 Å². The largest absolute Gasteiger partial charge is 0.494 e. The molecule has 0 aliphatic rings. The van der Waals surface area contributed by atoms with Gasteiger partial charge in [0.1, 0.15) is 5.75 Å². The normalized spacial score (nSPS) is 11.8. The van der Waals surface area contributed by atoms with Crippen molar-refractivity contribution in [3.05, 3.63) is 65.7 Å². The van der Waals surface area contributed by atoms with Crippen LogP contribution in [0.25, 0.3) is 6.08 Å². The van der Waals surface area contributed by atoms with Crippen molar-refractivity contribution in [1.29, 1.82) is 0 Å². The van der Waals surface area contributed by atoms with Gasteiger partial charge in [0, 0.05) is 24.2 Å². The first-order valence-corrected chi connectivity index (χ1v) is 10.1. The van der Waals surface area contributed by atoms with Crippen molar-refractivity contribution >= 4 is 23.6 Å². The monoisotopic (exact) mass is 394 g/mol. The number of hydrogen-bond acceptors (Lipinski definition) is 3. The lowest BCUT2D eigenvalue weighted by molar-refractivity contribution is -0.119. The van der Waals surface area contributed by atoms with Crippen molar-refractivity contribution in [1.82, 2.24) is 5.32 Å². The van der Waals surface area contributed by atoms with Gasteiger partial charge in [-0.3, -0.25) is 9.59 Å². The summed E-state index contributed by atoms with van der Waals surface area (Å²) in [6, 6.07) is 15.1. The Morgan fingerprint density at radius 1 is 1.10 bits per heavy atom. The zero-order valence-corrected chi connectivity index (χ0v) is 17.4. The molecule has 0 aromatic heterocycles. The zero-order chi connectivity index (χ0) is 21.1. The van der Waals surface area contributed by atoms with Crippen LogP contribution in [0.5, 0.6) is 5.75 Å². The van der Waals surface area contributed by atoms with Crippen LogP contribution in [0.4, 0.5) is 5.69 Å². The Labute approximate surface area is 173 Å². The van der Waals surface area contributed by atoms with Crippen molar-refractivity contribution in [3.8, 4) is 5.75 Å². The fraction of sp³-hybridized carbons (Fsp3) is 0.333. The number of hydrogen-bond donors (Lipinski definition) is 2. The van der Waals surface area contributed by atoms with Crippen LogP contribution in [0.15, 0.2) is 54.6 Å². The molecule has 1 atom stereocenters. The van der Waals surface area contributed by atoms with Gasteiger partial charge in [-0.15, -0.1) is 0 Å². The average Bonchev–Trinajstić information content (AvgIpc) is 2.75. The van der Waals surface area contributed by atoms with E-state index in [-0.39, 0.29) is 17.7 Å². The van der Waals surface area contributed by atoms with Crippen LogP contribution < -0.4 is 15.4 Å². The molecule has 0 saturated carbocycles. The molecule has 29 heavy (non-hydrogen) atoms. The highest BCUT2D eigenvalue weighted by Crippen LogP contribution is 2.14. The van der Waals surface area contributed by atoms with Crippen molar-refractivity contribution in [2.75, 3.05) is 11.9 Å². The van der Waals surface area contributed by atoms with Gasteiger partial charge in [0.25, 0.3) is 0 Å². The maximum absolute atomic E-state index is 12.1. The fourth-order valence-corrected chi connectivity index (χ4v) is 2.52. The van der Waals surface area contributed by atoms with E-state index in [4.69, 9.17) is 4.74 Å². The molecule has 0 saturated heterocycles. The summed E-state index contributed by atoms with van der Waals surface area (Å²) in [4.78, 5) is 24.1. The van der Waals surface area contributed by atoms with Crippen LogP contribution in [0.2, 0.25) is 0 Å². The Morgan fingerprint density at radius 2 is 1.86 bits per heavy atom. The predicted octanol–water partition coefficient (Wildman–Crippen LogP) is 4.79. The Morgan fingerprint density at radius 3 is 2.55 bits per heavy atom. The molecule has 154 valence electrons. The van der Waals surface area contributed by atoms with Gasteiger partial charge in [-0.1, -0.05) is 45.0 Å². The highest BCUT2D eigenvalue weighted by atomic mass is 16.5. The number of carbonyl (C=O) groups excluding carboxylic acids is 2. The lowest BCUT2D eigenvalue weighted by atomic mass is 10.1. The number of carbonyl (C=O) groups is 2. The molecule has 0 aliphatic heterocycles. The molecular formula is C24H30N2O3. The fourth-order valence-electron chi connectivity index (χ4n) is 2.52. The van der Waals surface area contributed by atoms with Gasteiger partial charge >= 0.3 is 0 Å². The first kappa shape index (κ1) is 22.2. The molecular weight excluding hydrogens is 364 g/mol. The van der Waals surface area contributed by atoms with E-state index in [1.54, 1.807) is 6.08 Å². The van der Waals surface area contributed by atoms with E-state index in [0.29, 0.717) is 13.2 Å². The lowest BCUT2D eigenvalue weighted by Gasteiger charge is -2.11. The van der Waals surface area contributed by atoms with Gasteiger partial charge in [-0.2, -0.15) is 0 Å². The maximum Gasteiger partial charge on any atom is 0.244 e. The average molecular weight is 395 g/mol. The molecule has 0 heterocycles. The summed E-state index contributed by atoms with van der Waals surface area (Å²) in [5, 5.41) is 5.77. The second-order valence-corrected chi connectivity index (χ2v) is 6.97. The zero-order valence-electron chi connectivity index (χ0n) is 17.4. The number of rotatable bonds is 10. The number of amides is 2. The lowest BCUT2D eigenvalue weighted by Crippen LogP contribution is -2.21. The predicted molar refractivity (Wildman–Crippen MR) is 118 cm³/mol. The number of ether oxygens (including phenoxy) is 1. The highest BCUT2D eigenvalue weighted by molar-refractivity contribution is 5.92. The molecule has 0 radical (unpaired) electrons. The van der Waals surface area contributed by atoms with Crippen LogP contribution >= 0.6 is 0 Å². The van der Waals surface area contributed by atoms with Crippen LogP contribution in [0, 0.1) is 5.92 Å². The van der Waals surface area contributed by atoms with E-state index in [2.05, 4.69) is 17.6 Å². The topological polar surface area (TPSA) is 67.4 Å². The van der Waals surface area contributed by atoms with E-state index in [1.807, 2.05) is 62.4 Å². The van der Waals surface area contributed by atoms with Crippen molar-refractivity contribution in [2.45, 2.75) is 40.2 Å². The third kappa shape index (κ3) is 7.82. The summed E-state index contributed by atoms with van der Waals surface area (Å²) in [6.07, 6.45) is 5.04. The Balaban J connectivity index is 1.85. The van der Waals surface area contributed by atoms with Crippen LogP contribution in [-0.4, -0.2) is 18.4 Å². The highest BCUT2D eigenvalue weighted by Gasteiger charge is 2.10. The Kier molecular flexibility index (Phi) is 8.96. The Hall–Kier alpha value is -3.08. The summed E-state index contributed by atoms with van der Waals surface area (Å²) in [5.41, 5.74) is 2.59. The van der Waals surface area contributed by atoms with Crippen LogP contribution in [0.3, 0.4) is 0 Å². The first-order chi connectivity index (χ1) is 14.0. The molecule has 2 amide bonds. The Bertz CT molecular complexity index is 828. The van der Waals surface area contributed by atoms with Crippen LogP contribution in [0.1, 0.15) is 44.7 Å². The molecule has 2 N–H and O–H groups in total. The molecule has 2 rings (SSSR count). The van der Waals surface area contributed by atoms with E-state index < -0.39 is 0 Å². The quantitative estimate of drug-likeness (QED) is 0.569. The summed E-state index contributed by atoms with van der Waals surface area (Å²) < 4.78 is 5.55. The second-order valence-electron chi connectivity index (χ2n) is 6.97. The van der Waals surface area contributed by atoms with Crippen molar-refractivity contribution in [3.63, 3.8) is 0 Å². The molecule has 0 bridgehead atoms. The number of anilines is 1. The molecule has 1 unspecified atom stereocenters. The number of benzene rings is 2. The van der Waals surface area contributed by atoms with Gasteiger partial charge < -0.3 is 15.4 Å². The molecule has 2 aromatic carbocycles. The van der Waals surface area contributed by atoms with E-state index >= 15 is 0 Å². The third-order valence-corrected chi connectivity index (χ3v) is 4.50. The molecule has 5 nitrogen and oxygen atoms in total. The smallest absolute Gasteiger partial charge is 0.244 e. The molecule has 5 heteroatoms. The molecule has 0 fully saturated rings. The minimum Gasteiger partial charge on any atom is -0.494 e. The van der Waals surface area contributed by atoms with Gasteiger partial charge in [0.15, 0.2) is 0 Å². The van der Waals surface area contributed by atoms with E-state index in [1.165, 1.54) is 6.08 Å². The standard InChI is InChI=1S/C24H30N2O3/c1-4-15-29-22-12-9-19(10-13-22)11-14-23(27)25-17-20-7-6-8-21(16-20)26-24(28)18(3)5-2/h6-14,16,18H,4-5,15,17H2,1-3H3,(H,25,27)(H,26,28)/b14-11+. The summed E-state index contributed by atoms with van der Waals surface area (Å²) in [6.45, 7) is 7.03. The molecule has 0 spiro atoms. The van der Waals surface area contributed by atoms with E-state index in [9.17, 15) is 9.59 Å². The van der Waals surface area contributed by atoms with Gasteiger partial charge in [0.05, 0.1) is 6.61 Å².